The second-order valence-electron chi connectivity index (χ2n) is 8.34. The van der Waals surface area contributed by atoms with Gasteiger partial charge in [-0.2, -0.15) is 0 Å². The average Bonchev–Trinajstić information content (AvgIpc) is 2.52. The molecule has 0 aliphatic rings. The van der Waals surface area contributed by atoms with E-state index < -0.39 is 7.28 Å². The van der Waals surface area contributed by atoms with E-state index in [-0.39, 0.29) is 6.16 Å². The van der Waals surface area contributed by atoms with E-state index in [0.717, 1.165) is 19.3 Å². The van der Waals surface area contributed by atoms with Crippen molar-refractivity contribution >= 4 is 7.28 Å². The van der Waals surface area contributed by atoms with Crippen LogP contribution in [0.15, 0.2) is 0 Å². The van der Waals surface area contributed by atoms with E-state index in [4.69, 9.17) is 0 Å². The second-order valence-corrected chi connectivity index (χ2v) is 12.0. The number of unbranched alkanes of at least 4 members (excludes halogenated alkanes) is 17. The summed E-state index contributed by atoms with van der Waals surface area (Å²) in [6, 6.07) is 0. The van der Waals surface area contributed by atoms with Crippen LogP contribution in [0.4, 0.5) is 0 Å². The third kappa shape index (κ3) is 24.3. The zero-order chi connectivity index (χ0) is 18.9. The molecular weight excluding hydrogens is 331 g/mol. The normalized spacial score (nSPS) is 13.7. The van der Waals surface area contributed by atoms with Crippen molar-refractivity contribution in [3.8, 4) is 0 Å². The predicted octanol–water partition coefficient (Wildman–Crippen LogP) is 6.93. The Hall–Kier alpha value is 0.310. The van der Waals surface area contributed by atoms with Crippen LogP contribution in [-0.4, -0.2) is 27.5 Å². The topological polar surface area (TPSA) is 60.7 Å². The van der Waals surface area contributed by atoms with Crippen molar-refractivity contribution < 1.29 is 14.7 Å². The van der Waals surface area contributed by atoms with Crippen LogP contribution >= 0.6 is 7.28 Å². The van der Waals surface area contributed by atoms with Gasteiger partial charge in [-0.3, -0.25) is 0 Å². The molecule has 25 heavy (non-hydrogen) atoms. The molecule has 0 rings (SSSR count). The number of hydrogen-bond acceptors (Lipinski definition) is 3. The molecule has 0 atom stereocenters. The van der Waals surface area contributed by atoms with Gasteiger partial charge in [-0.15, -0.1) is 0 Å². The predicted molar refractivity (Wildman–Crippen MR) is 113 cm³/mol. The second kappa shape index (κ2) is 15.4. The first-order valence-electron chi connectivity index (χ1n) is 11.1. The Balaban J connectivity index is 3.08. The molecule has 154 valence electrons. The maximum atomic E-state index is 9.36. The van der Waals surface area contributed by atoms with Gasteiger partial charge in [0.1, 0.15) is 0 Å². The van der Waals surface area contributed by atoms with E-state index in [1.54, 1.807) is 0 Å². The Morgan fingerprint density at radius 3 is 0.920 bits per heavy atom. The third-order valence-corrected chi connectivity index (χ3v) is 6.40. The number of rotatable bonds is 19. The Bertz CT molecular complexity index is 277. The first kappa shape index (κ1) is 25.3. The Labute approximate surface area is 157 Å². The van der Waals surface area contributed by atoms with Crippen molar-refractivity contribution in [2.45, 2.75) is 122 Å². The van der Waals surface area contributed by atoms with Gasteiger partial charge in [0.25, 0.3) is 0 Å². The molecular formula is C21H47O3P. The van der Waals surface area contributed by atoms with Gasteiger partial charge in [0.2, 0.25) is 0 Å². The fraction of sp³-hybridized carbons (Fsp3) is 1.00. The average molecular weight is 379 g/mol. The van der Waals surface area contributed by atoms with Crippen LogP contribution in [0.1, 0.15) is 122 Å². The van der Waals surface area contributed by atoms with E-state index >= 15 is 0 Å². The third-order valence-electron chi connectivity index (χ3n) is 5.04. The van der Waals surface area contributed by atoms with Gasteiger partial charge in [0.05, 0.1) is 0 Å². The van der Waals surface area contributed by atoms with Crippen molar-refractivity contribution in [2.24, 2.45) is 0 Å². The van der Waals surface area contributed by atoms with Crippen LogP contribution in [-0.2, 0) is 0 Å². The van der Waals surface area contributed by atoms with E-state index in [9.17, 15) is 14.7 Å². The molecule has 0 spiro atoms. The van der Waals surface area contributed by atoms with Gasteiger partial charge in [-0.1, -0.05) is 51.9 Å². The zero-order valence-corrected chi connectivity index (χ0v) is 18.1. The Morgan fingerprint density at radius 2 is 0.680 bits per heavy atom. The summed E-state index contributed by atoms with van der Waals surface area (Å²) in [5.41, 5.74) is 0. The molecule has 0 aromatic carbocycles. The molecule has 0 radical (unpaired) electrons. The minimum absolute atomic E-state index is 0.157. The van der Waals surface area contributed by atoms with Gasteiger partial charge in [0.15, 0.2) is 0 Å². The van der Waals surface area contributed by atoms with Gasteiger partial charge in [-0.25, -0.2) is 0 Å². The van der Waals surface area contributed by atoms with Crippen LogP contribution < -0.4 is 0 Å². The van der Waals surface area contributed by atoms with Crippen LogP contribution in [0.2, 0.25) is 0 Å². The van der Waals surface area contributed by atoms with Crippen LogP contribution in [0, 0.1) is 0 Å². The summed E-state index contributed by atoms with van der Waals surface area (Å²) >= 11 is 0. The zero-order valence-electron chi connectivity index (χ0n) is 17.2. The van der Waals surface area contributed by atoms with E-state index in [2.05, 4.69) is 6.92 Å². The van der Waals surface area contributed by atoms with Gasteiger partial charge >= 0.3 is 105 Å². The first-order chi connectivity index (χ1) is 11.8. The first-order valence-corrected chi connectivity index (χ1v) is 13.8. The summed E-state index contributed by atoms with van der Waals surface area (Å²) < 4.78 is 0. The molecule has 0 unspecified atom stereocenters. The molecule has 0 aromatic heterocycles. The molecule has 0 saturated heterocycles. The summed E-state index contributed by atoms with van der Waals surface area (Å²) in [5, 5.41) is 0. The molecule has 4 heteroatoms. The van der Waals surface area contributed by atoms with Crippen molar-refractivity contribution in [1.29, 1.82) is 0 Å². The van der Waals surface area contributed by atoms with Gasteiger partial charge in [-0.05, 0) is 0 Å². The Kier molecular flexibility index (Phi) is 15.6. The van der Waals surface area contributed by atoms with Crippen LogP contribution in [0.3, 0.4) is 0 Å². The summed E-state index contributed by atoms with van der Waals surface area (Å²) in [6.07, 6.45) is 23.8. The summed E-state index contributed by atoms with van der Waals surface area (Å²) in [6.45, 7) is 3.46. The van der Waals surface area contributed by atoms with Crippen molar-refractivity contribution in [3.05, 3.63) is 0 Å². The van der Waals surface area contributed by atoms with E-state index in [1.807, 2.05) is 0 Å². The Morgan fingerprint density at radius 1 is 0.440 bits per heavy atom. The monoisotopic (exact) mass is 378 g/mol. The minimum atomic E-state index is -4.22. The van der Waals surface area contributed by atoms with Crippen molar-refractivity contribution in [3.63, 3.8) is 0 Å². The number of hydrogen-bond donors (Lipinski definition) is 3. The van der Waals surface area contributed by atoms with Gasteiger partial charge in [0, 0.05) is 0 Å². The maximum absolute atomic E-state index is 9.36. The standard InChI is InChI=1S/C21H47O3P/c1-3-4-5-6-7-8-9-10-11-12-13-14-15-16-17-18-19-20-21-25(2,22,23)24/h22-24H,3-21H2,1-2H3. The van der Waals surface area contributed by atoms with Crippen molar-refractivity contribution in [1.82, 2.24) is 0 Å². The van der Waals surface area contributed by atoms with Gasteiger partial charge < -0.3 is 0 Å². The fourth-order valence-electron chi connectivity index (χ4n) is 3.38. The summed E-state index contributed by atoms with van der Waals surface area (Å²) in [5.74, 6) is 0. The molecule has 0 bridgehead atoms. The summed E-state index contributed by atoms with van der Waals surface area (Å²) in [7, 11) is -4.22. The molecule has 0 amide bonds. The summed E-state index contributed by atoms with van der Waals surface area (Å²) in [4.78, 5) is 28.1. The molecule has 0 fully saturated rings. The molecule has 0 aromatic rings. The van der Waals surface area contributed by atoms with Crippen LogP contribution in [0.25, 0.3) is 0 Å². The fourth-order valence-corrected chi connectivity index (χ4v) is 4.35. The van der Waals surface area contributed by atoms with Crippen LogP contribution in [0.5, 0.6) is 0 Å². The SMILES string of the molecule is CCCCCCCCCCCCCCCCCCCCP(C)(O)(O)O. The molecule has 3 nitrogen and oxygen atoms in total. The molecule has 0 aliphatic carbocycles. The van der Waals surface area contributed by atoms with Crippen molar-refractivity contribution in [2.75, 3.05) is 12.8 Å². The van der Waals surface area contributed by atoms with E-state index in [0.29, 0.717) is 0 Å². The molecule has 0 heterocycles. The molecule has 0 aliphatic heterocycles. The quantitative estimate of drug-likeness (QED) is 0.169. The van der Waals surface area contributed by atoms with E-state index in [1.165, 1.54) is 103 Å². The molecule has 0 saturated carbocycles. The molecule has 3 N–H and O–H groups in total.